The zero-order chi connectivity index (χ0) is 18.8. The van der Waals surface area contributed by atoms with Crippen LogP contribution in [0.25, 0.3) is 0 Å². The van der Waals surface area contributed by atoms with Crippen LogP contribution in [0.1, 0.15) is 36.2 Å². The van der Waals surface area contributed by atoms with Crippen LogP contribution < -0.4 is 10.2 Å². The summed E-state index contributed by atoms with van der Waals surface area (Å²) in [6, 6.07) is 1.87. The van der Waals surface area contributed by atoms with Crippen molar-refractivity contribution < 1.29 is 0 Å². The molecular formula is C18H25N9. The third-order valence-corrected chi connectivity index (χ3v) is 5.20. The highest BCUT2D eigenvalue weighted by Gasteiger charge is 2.27. The van der Waals surface area contributed by atoms with Gasteiger partial charge in [-0.2, -0.15) is 4.98 Å². The fourth-order valence-electron chi connectivity index (χ4n) is 3.60. The summed E-state index contributed by atoms with van der Waals surface area (Å²) in [6.45, 7) is 4.49. The van der Waals surface area contributed by atoms with Crippen molar-refractivity contribution in [2.75, 3.05) is 30.4 Å². The molecule has 3 aromatic heterocycles. The van der Waals surface area contributed by atoms with Gasteiger partial charge in [-0.1, -0.05) is 0 Å². The van der Waals surface area contributed by atoms with Crippen molar-refractivity contribution in [3.8, 4) is 0 Å². The Balaban J connectivity index is 1.52. The van der Waals surface area contributed by atoms with Crippen LogP contribution in [0.4, 0.5) is 11.8 Å². The molecule has 4 rings (SSSR count). The van der Waals surface area contributed by atoms with Gasteiger partial charge >= 0.3 is 0 Å². The number of nitrogens with one attached hydrogen (secondary N) is 1. The van der Waals surface area contributed by atoms with E-state index in [-0.39, 0.29) is 0 Å². The maximum Gasteiger partial charge on any atom is 0.227 e. The molecule has 1 fully saturated rings. The van der Waals surface area contributed by atoms with E-state index in [0.717, 1.165) is 55.2 Å². The minimum absolute atomic E-state index is 0.315. The van der Waals surface area contributed by atoms with Crippen LogP contribution in [0.15, 0.2) is 24.7 Å². The van der Waals surface area contributed by atoms with Crippen LogP contribution in [0.3, 0.4) is 0 Å². The molecule has 4 heterocycles. The van der Waals surface area contributed by atoms with Gasteiger partial charge < -0.3 is 19.4 Å². The molecule has 0 aromatic carbocycles. The average Bonchev–Trinajstić information content (AvgIpc) is 3.28. The molecule has 142 valence electrons. The Bertz CT molecular complexity index is 913. The zero-order valence-electron chi connectivity index (χ0n) is 16.0. The number of imidazole rings is 1. The molecule has 1 saturated heterocycles. The second-order valence-electron chi connectivity index (χ2n) is 6.91. The van der Waals surface area contributed by atoms with E-state index < -0.39 is 0 Å². The topological polar surface area (TPSA) is 89.6 Å². The number of hydrogen-bond donors (Lipinski definition) is 1. The van der Waals surface area contributed by atoms with Crippen molar-refractivity contribution in [1.82, 2.24) is 34.3 Å². The molecule has 9 nitrogen and oxygen atoms in total. The number of nitrogens with zero attached hydrogens (tertiary/aromatic N) is 8. The molecule has 0 amide bonds. The lowest BCUT2D eigenvalue weighted by Gasteiger charge is -2.32. The zero-order valence-corrected chi connectivity index (χ0v) is 16.0. The van der Waals surface area contributed by atoms with Crippen LogP contribution >= 0.6 is 0 Å². The van der Waals surface area contributed by atoms with Gasteiger partial charge in [-0.3, -0.25) is 0 Å². The maximum absolute atomic E-state index is 4.58. The first-order valence-corrected chi connectivity index (χ1v) is 9.27. The van der Waals surface area contributed by atoms with Gasteiger partial charge in [0, 0.05) is 51.7 Å². The number of aryl methyl sites for hydroxylation is 1. The molecule has 0 spiro atoms. The fourth-order valence-corrected chi connectivity index (χ4v) is 3.60. The number of rotatable bonds is 5. The normalized spacial score (nSPS) is 17.3. The summed E-state index contributed by atoms with van der Waals surface area (Å²) in [6.07, 6.45) is 7.76. The SMILES string of the molecule is CNc1ccnc(N2CCC[C@@H](c3nnc(Cn4ccnc4C)n3C)C2)n1. The lowest BCUT2D eigenvalue weighted by Crippen LogP contribution is -2.36. The third kappa shape index (κ3) is 3.49. The molecule has 0 saturated carbocycles. The largest absolute Gasteiger partial charge is 0.373 e. The van der Waals surface area contributed by atoms with E-state index in [1.54, 1.807) is 6.20 Å². The first kappa shape index (κ1) is 17.4. The van der Waals surface area contributed by atoms with Crippen molar-refractivity contribution >= 4 is 11.8 Å². The minimum atomic E-state index is 0.315. The molecule has 0 unspecified atom stereocenters. The van der Waals surface area contributed by atoms with E-state index in [1.807, 2.05) is 39.5 Å². The minimum Gasteiger partial charge on any atom is -0.373 e. The molecule has 0 radical (unpaired) electrons. The number of aromatic nitrogens is 7. The smallest absolute Gasteiger partial charge is 0.227 e. The average molecular weight is 367 g/mol. The quantitative estimate of drug-likeness (QED) is 0.732. The van der Waals surface area contributed by atoms with Crippen molar-refractivity contribution in [2.24, 2.45) is 7.05 Å². The lowest BCUT2D eigenvalue weighted by atomic mass is 9.97. The predicted molar refractivity (Wildman–Crippen MR) is 103 cm³/mol. The van der Waals surface area contributed by atoms with Crippen molar-refractivity contribution in [2.45, 2.75) is 32.2 Å². The van der Waals surface area contributed by atoms with E-state index >= 15 is 0 Å². The molecule has 1 atom stereocenters. The van der Waals surface area contributed by atoms with Crippen LogP contribution in [-0.4, -0.2) is 54.4 Å². The summed E-state index contributed by atoms with van der Waals surface area (Å²) in [7, 11) is 3.92. The summed E-state index contributed by atoms with van der Waals surface area (Å²) in [5.41, 5.74) is 0. The Hall–Kier alpha value is -2.97. The van der Waals surface area contributed by atoms with Gasteiger partial charge in [0.05, 0.1) is 6.54 Å². The Morgan fingerprint density at radius 1 is 1.22 bits per heavy atom. The highest BCUT2D eigenvalue weighted by Crippen LogP contribution is 2.28. The molecule has 1 N–H and O–H groups in total. The van der Waals surface area contributed by atoms with Crippen LogP contribution in [0.2, 0.25) is 0 Å². The number of piperidine rings is 1. The lowest BCUT2D eigenvalue weighted by molar-refractivity contribution is 0.473. The molecule has 27 heavy (non-hydrogen) atoms. The number of hydrogen-bond acceptors (Lipinski definition) is 7. The van der Waals surface area contributed by atoms with E-state index in [0.29, 0.717) is 12.5 Å². The van der Waals surface area contributed by atoms with Crippen LogP contribution in [-0.2, 0) is 13.6 Å². The summed E-state index contributed by atoms with van der Waals surface area (Å²) in [5, 5.41) is 12.0. The Labute approximate surface area is 158 Å². The second kappa shape index (κ2) is 7.34. The summed E-state index contributed by atoms with van der Waals surface area (Å²) in [4.78, 5) is 15.5. The van der Waals surface area contributed by atoms with Gasteiger partial charge in [-0.25, -0.2) is 9.97 Å². The third-order valence-electron chi connectivity index (χ3n) is 5.20. The van der Waals surface area contributed by atoms with Gasteiger partial charge in [-0.15, -0.1) is 10.2 Å². The van der Waals surface area contributed by atoms with Crippen molar-refractivity contribution in [3.05, 3.63) is 42.1 Å². The maximum atomic E-state index is 4.58. The van der Waals surface area contributed by atoms with Crippen molar-refractivity contribution in [1.29, 1.82) is 0 Å². The second-order valence-corrected chi connectivity index (χ2v) is 6.91. The molecule has 1 aliphatic heterocycles. The first-order valence-electron chi connectivity index (χ1n) is 9.27. The Kier molecular flexibility index (Phi) is 4.74. The molecule has 0 aliphatic carbocycles. The van der Waals surface area contributed by atoms with E-state index in [2.05, 4.69) is 44.5 Å². The standard InChI is InChI=1S/C18H25N9/c1-13-20-8-10-26(13)12-16-23-24-17(25(16)3)14-5-4-9-27(11-14)18-21-7-6-15(19-2)22-18/h6-8,10,14H,4-5,9,11-12H2,1-3H3,(H,19,21,22)/t14-/m1/s1. The molecule has 3 aromatic rings. The summed E-state index contributed by atoms with van der Waals surface area (Å²) < 4.78 is 4.20. The Morgan fingerprint density at radius 2 is 2.11 bits per heavy atom. The first-order chi connectivity index (χ1) is 13.2. The highest BCUT2D eigenvalue weighted by molar-refractivity contribution is 5.41. The number of anilines is 2. The van der Waals surface area contributed by atoms with Crippen LogP contribution in [0, 0.1) is 6.92 Å². The monoisotopic (exact) mass is 367 g/mol. The van der Waals surface area contributed by atoms with Gasteiger partial charge in [0.15, 0.2) is 5.82 Å². The van der Waals surface area contributed by atoms with Gasteiger partial charge in [0.2, 0.25) is 5.95 Å². The fraction of sp³-hybridized carbons (Fsp3) is 0.500. The van der Waals surface area contributed by atoms with E-state index in [9.17, 15) is 0 Å². The van der Waals surface area contributed by atoms with Gasteiger partial charge in [-0.05, 0) is 25.8 Å². The van der Waals surface area contributed by atoms with Crippen molar-refractivity contribution in [3.63, 3.8) is 0 Å². The summed E-state index contributed by atoms with van der Waals surface area (Å²) >= 11 is 0. The van der Waals surface area contributed by atoms with Gasteiger partial charge in [0.1, 0.15) is 17.5 Å². The van der Waals surface area contributed by atoms with E-state index in [1.165, 1.54) is 0 Å². The van der Waals surface area contributed by atoms with Crippen LogP contribution in [0.5, 0.6) is 0 Å². The van der Waals surface area contributed by atoms with Gasteiger partial charge in [0.25, 0.3) is 0 Å². The molecule has 0 bridgehead atoms. The summed E-state index contributed by atoms with van der Waals surface area (Å²) in [5.74, 6) is 4.86. The molecular weight excluding hydrogens is 342 g/mol. The molecule has 1 aliphatic rings. The molecule has 9 heteroatoms. The van der Waals surface area contributed by atoms with E-state index in [4.69, 9.17) is 0 Å². The predicted octanol–water partition coefficient (Wildman–Crippen LogP) is 1.58. The highest BCUT2D eigenvalue weighted by atomic mass is 15.3. The Morgan fingerprint density at radius 3 is 2.89 bits per heavy atom.